The van der Waals surface area contributed by atoms with E-state index in [4.69, 9.17) is 0 Å². The van der Waals surface area contributed by atoms with Crippen LogP contribution in [0.1, 0.15) is 23.6 Å². The molecule has 1 aromatic carbocycles. The Bertz CT molecular complexity index is 400. The van der Waals surface area contributed by atoms with E-state index in [9.17, 15) is 13.2 Å². The second kappa shape index (κ2) is 7.29. The SMILES string of the molecule is Cc1ccc([C@H](CC(F)(F)F)N2CCNCC2)cc1.Cl. The first-order valence-corrected chi connectivity index (χ1v) is 6.54. The summed E-state index contributed by atoms with van der Waals surface area (Å²) in [5.74, 6) is 0. The van der Waals surface area contributed by atoms with E-state index in [1.54, 1.807) is 0 Å². The number of aryl methyl sites for hydroxylation is 1. The molecule has 0 aliphatic carbocycles. The van der Waals surface area contributed by atoms with Crippen molar-refractivity contribution >= 4 is 12.4 Å². The van der Waals surface area contributed by atoms with Crippen molar-refractivity contribution in [3.05, 3.63) is 35.4 Å². The van der Waals surface area contributed by atoms with Crippen LogP contribution in [0.2, 0.25) is 0 Å². The largest absolute Gasteiger partial charge is 0.390 e. The summed E-state index contributed by atoms with van der Waals surface area (Å²) in [7, 11) is 0. The molecule has 1 heterocycles. The zero-order chi connectivity index (χ0) is 13.9. The van der Waals surface area contributed by atoms with Crippen LogP contribution in [0.15, 0.2) is 24.3 Å². The molecule has 0 amide bonds. The van der Waals surface area contributed by atoms with Crippen molar-refractivity contribution in [3.8, 4) is 0 Å². The fourth-order valence-corrected chi connectivity index (χ4v) is 2.46. The van der Waals surface area contributed by atoms with Gasteiger partial charge in [0.25, 0.3) is 0 Å². The predicted molar refractivity (Wildman–Crippen MR) is 76.3 cm³/mol. The maximum Gasteiger partial charge on any atom is 0.390 e. The topological polar surface area (TPSA) is 15.3 Å². The summed E-state index contributed by atoms with van der Waals surface area (Å²) in [4.78, 5) is 1.93. The lowest BCUT2D eigenvalue weighted by Gasteiger charge is -2.35. The Hall–Kier alpha value is -0.780. The lowest BCUT2D eigenvalue weighted by Crippen LogP contribution is -2.46. The molecule has 114 valence electrons. The first-order valence-electron chi connectivity index (χ1n) is 6.54. The van der Waals surface area contributed by atoms with Crippen molar-refractivity contribution < 1.29 is 13.2 Å². The fraction of sp³-hybridized carbons (Fsp3) is 0.571. The van der Waals surface area contributed by atoms with Gasteiger partial charge in [-0.15, -0.1) is 12.4 Å². The number of nitrogens with zero attached hydrogens (tertiary/aromatic N) is 1. The number of piperazine rings is 1. The molecule has 0 unspecified atom stereocenters. The molecular formula is C14H20ClF3N2. The summed E-state index contributed by atoms with van der Waals surface area (Å²) in [6, 6.07) is 6.81. The Balaban J connectivity index is 0.00000200. The molecule has 1 atom stereocenters. The summed E-state index contributed by atoms with van der Waals surface area (Å²) in [5.41, 5.74) is 1.82. The zero-order valence-electron chi connectivity index (χ0n) is 11.4. The smallest absolute Gasteiger partial charge is 0.314 e. The second-order valence-electron chi connectivity index (χ2n) is 5.03. The van der Waals surface area contributed by atoms with Gasteiger partial charge in [0.05, 0.1) is 6.42 Å². The van der Waals surface area contributed by atoms with Crippen molar-refractivity contribution in [2.75, 3.05) is 26.2 Å². The van der Waals surface area contributed by atoms with Gasteiger partial charge in [0.1, 0.15) is 0 Å². The molecule has 1 saturated heterocycles. The van der Waals surface area contributed by atoms with Crippen LogP contribution < -0.4 is 5.32 Å². The van der Waals surface area contributed by atoms with Crippen molar-refractivity contribution in [3.63, 3.8) is 0 Å². The van der Waals surface area contributed by atoms with E-state index in [2.05, 4.69) is 5.32 Å². The maximum absolute atomic E-state index is 12.8. The van der Waals surface area contributed by atoms with Crippen LogP contribution in [-0.2, 0) is 0 Å². The molecule has 1 fully saturated rings. The molecule has 2 nitrogen and oxygen atoms in total. The Morgan fingerprint density at radius 3 is 2.20 bits per heavy atom. The third-order valence-corrected chi connectivity index (χ3v) is 3.48. The number of hydrogen-bond donors (Lipinski definition) is 1. The van der Waals surface area contributed by atoms with Gasteiger partial charge < -0.3 is 5.32 Å². The molecular weight excluding hydrogens is 289 g/mol. The third kappa shape index (κ3) is 4.96. The van der Waals surface area contributed by atoms with E-state index < -0.39 is 18.6 Å². The molecule has 0 spiro atoms. The highest BCUT2D eigenvalue weighted by Gasteiger charge is 2.35. The predicted octanol–water partition coefficient (Wildman–Crippen LogP) is 3.32. The van der Waals surface area contributed by atoms with E-state index in [0.29, 0.717) is 13.1 Å². The first-order chi connectivity index (χ1) is 8.96. The first kappa shape index (κ1) is 17.3. The summed E-state index contributed by atoms with van der Waals surface area (Å²) in [6.07, 6.45) is -4.92. The number of rotatable bonds is 3. The van der Waals surface area contributed by atoms with Crippen LogP contribution >= 0.6 is 12.4 Å². The molecule has 1 aliphatic rings. The quantitative estimate of drug-likeness (QED) is 0.921. The van der Waals surface area contributed by atoms with Gasteiger partial charge in [0, 0.05) is 32.2 Å². The van der Waals surface area contributed by atoms with Crippen molar-refractivity contribution in [2.45, 2.75) is 25.6 Å². The second-order valence-corrected chi connectivity index (χ2v) is 5.03. The average Bonchev–Trinajstić information content (AvgIpc) is 2.37. The van der Waals surface area contributed by atoms with Crippen molar-refractivity contribution in [2.24, 2.45) is 0 Å². The molecule has 1 aliphatic heterocycles. The Morgan fingerprint density at radius 2 is 1.70 bits per heavy atom. The molecule has 0 aromatic heterocycles. The van der Waals surface area contributed by atoms with Gasteiger partial charge in [0.2, 0.25) is 0 Å². The lowest BCUT2D eigenvalue weighted by atomic mass is 10.00. The highest BCUT2D eigenvalue weighted by molar-refractivity contribution is 5.85. The summed E-state index contributed by atoms with van der Waals surface area (Å²) in [6.45, 7) is 4.76. The monoisotopic (exact) mass is 308 g/mol. The van der Waals surface area contributed by atoms with Crippen molar-refractivity contribution in [1.29, 1.82) is 0 Å². The number of benzene rings is 1. The minimum absolute atomic E-state index is 0. The van der Waals surface area contributed by atoms with E-state index in [0.717, 1.165) is 24.2 Å². The van der Waals surface area contributed by atoms with Crippen LogP contribution in [0.3, 0.4) is 0 Å². The van der Waals surface area contributed by atoms with Crippen LogP contribution in [0.25, 0.3) is 0 Å². The molecule has 0 saturated carbocycles. The average molecular weight is 309 g/mol. The number of nitrogens with one attached hydrogen (secondary N) is 1. The van der Waals surface area contributed by atoms with Gasteiger partial charge in [0.15, 0.2) is 0 Å². The molecule has 20 heavy (non-hydrogen) atoms. The Morgan fingerprint density at radius 1 is 1.15 bits per heavy atom. The van der Waals surface area contributed by atoms with Gasteiger partial charge in [-0.3, -0.25) is 4.90 Å². The molecule has 1 aromatic rings. The van der Waals surface area contributed by atoms with E-state index in [-0.39, 0.29) is 12.4 Å². The van der Waals surface area contributed by atoms with Gasteiger partial charge in [-0.25, -0.2) is 0 Å². The Labute approximate surface area is 123 Å². The van der Waals surface area contributed by atoms with Crippen LogP contribution in [0.5, 0.6) is 0 Å². The number of hydrogen-bond acceptors (Lipinski definition) is 2. The van der Waals surface area contributed by atoms with Crippen LogP contribution in [-0.4, -0.2) is 37.3 Å². The standard InChI is InChI=1S/C14H19F3N2.ClH/c1-11-2-4-12(5-3-11)13(10-14(15,16)17)19-8-6-18-7-9-19;/h2-5,13,18H,6-10H2,1H3;1H/t13-;/m0./s1. The third-order valence-electron chi connectivity index (χ3n) is 3.48. The highest BCUT2D eigenvalue weighted by Crippen LogP contribution is 2.33. The fourth-order valence-electron chi connectivity index (χ4n) is 2.46. The Kier molecular flexibility index (Phi) is 6.30. The highest BCUT2D eigenvalue weighted by atomic mass is 35.5. The maximum atomic E-state index is 12.8. The van der Waals surface area contributed by atoms with Gasteiger partial charge in [-0.05, 0) is 12.5 Å². The van der Waals surface area contributed by atoms with Gasteiger partial charge in [-0.2, -0.15) is 13.2 Å². The molecule has 0 radical (unpaired) electrons. The van der Waals surface area contributed by atoms with Crippen LogP contribution in [0, 0.1) is 6.92 Å². The van der Waals surface area contributed by atoms with E-state index >= 15 is 0 Å². The molecule has 2 rings (SSSR count). The minimum atomic E-state index is -4.14. The minimum Gasteiger partial charge on any atom is -0.314 e. The zero-order valence-corrected chi connectivity index (χ0v) is 12.2. The normalized spacial score (nSPS) is 18.4. The number of halogens is 4. The van der Waals surface area contributed by atoms with Gasteiger partial charge >= 0.3 is 6.18 Å². The summed E-state index contributed by atoms with van der Waals surface area (Å²) >= 11 is 0. The van der Waals surface area contributed by atoms with Crippen molar-refractivity contribution in [1.82, 2.24) is 10.2 Å². The molecule has 0 bridgehead atoms. The summed E-state index contributed by atoms with van der Waals surface area (Å²) in [5, 5.41) is 3.17. The molecule has 1 N–H and O–H groups in total. The summed E-state index contributed by atoms with van der Waals surface area (Å²) < 4.78 is 38.4. The van der Waals surface area contributed by atoms with Gasteiger partial charge in [-0.1, -0.05) is 29.8 Å². The molecule has 6 heteroatoms. The number of alkyl halides is 3. The lowest BCUT2D eigenvalue weighted by molar-refractivity contribution is -0.148. The van der Waals surface area contributed by atoms with E-state index in [1.807, 2.05) is 36.1 Å². The van der Waals surface area contributed by atoms with Crippen LogP contribution in [0.4, 0.5) is 13.2 Å². The van der Waals surface area contributed by atoms with E-state index in [1.165, 1.54) is 0 Å².